The lowest BCUT2D eigenvalue weighted by molar-refractivity contribution is -0.140. The van der Waals surface area contributed by atoms with Crippen LogP contribution in [0.15, 0.2) is 35.5 Å². The van der Waals surface area contributed by atoms with Crippen LogP contribution in [0, 0.1) is 17.2 Å². The number of esters is 1. The standard InChI is InChI=1S/C17H19N3O2S/c1-10(2)9-22-16(21)14-11(3)19-17(23)20-15(14)13-6-4-5-12(7-13)8-18/h4-7,10,15H,9H2,1-3H3,(H2,19,20,23). The van der Waals surface area contributed by atoms with Gasteiger partial charge < -0.3 is 15.4 Å². The molecule has 1 aromatic rings. The Kier molecular flexibility index (Phi) is 5.35. The van der Waals surface area contributed by atoms with Crippen molar-refractivity contribution in [2.75, 3.05) is 6.61 Å². The topological polar surface area (TPSA) is 74.2 Å². The van der Waals surface area contributed by atoms with Crippen LogP contribution in [0.5, 0.6) is 0 Å². The van der Waals surface area contributed by atoms with Crippen molar-refractivity contribution < 1.29 is 9.53 Å². The molecule has 120 valence electrons. The Hall–Kier alpha value is -2.39. The van der Waals surface area contributed by atoms with Crippen LogP contribution in [-0.2, 0) is 9.53 Å². The van der Waals surface area contributed by atoms with Gasteiger partial charge in [0.1, 0.15) is 0 Å². The first-order valence-corrected chi connectivity index (χ1v) is 7.78. The molecule has 1 aromatic carbocycles. The number of nitriles is 1. The third-order valence-corrected chi connectivity index (χ3v) is 3.61. The number of rotatable bonds is 4. The molecular formula is C17H19N3O2S. The van der Waals surface area contributed by atoms with E-state index in [1.54, 1.807) is 25.1 Å². The Morgan fingerprint density at radius 3 is 2.87 bits per heavy atom. The molecule has 1 unspecified atom stereocenters. The predicted molar refractivity (Wildman–Crippen MR) is 91.3 cm³/mol. The van der Waals surface area contributed by atoms with E-state index in [9.17, 15) is 4.79 Å². The van der Waals surface area contributed by atoms with Crippen LogP contribution < -0.4 is 10.6 Å². The first kappa shape index (κ1) is 17.0. The van der Waals surface area contributed by atoms with Gasteiger partial charge in [-0.2, -0.15) is 5.26 Å². The van der Waals surface area contributed by atoms with Crippen molar-refractivity contribution in [1.82, 2.24) is 10.6 Å². The summed E-state index contributed by atoms with van der Waals surface area (Å²) < 4.78 is 5.37. The predicted octanol–water partition coefficient (Wildman–Crippen LogP) is 2.55. The third kappa shape index (κ3) is 4.08. The Labute approximate surface area is 141 Å². The lowest BCUT2D eigenvalue weighted by atomic mass is 9.94. The van der Waals surface area contributed by atoms with Crippen molar-refractivity contribution in [2.45, 2.75) is 26.8 Å². The van der Waals surface area contributed by atoms with Gasteiger partial charge in [-0.3, -0.25) is 0 Å². The molecule has 0 radical (unpaired) electrons. The van der Waals surface area contributed by atoms with E-state index in [2.05, 4.69) is 16.7 Å². The highest BCUT2D eigenvalue weighted by Crippen LogP contribution is 2.28. The summed E-state index contributed by atoms with van der Waals surface area (Å²) in [6.07, 6.45) is 0. The van der Waals surface area contributed by atoms with Crippen LogP contribution in [0.1, 0.15) is 37.9 Å². The van der Waals surface area contributed by atoms with Gasteiger partial charge in [0.2, 0.25) is 0 Å². The molecule has 6 heteroatoms. The molecule has 0 saturated heterocycles. The van der Waals surface area contributed by atoms with Gasteiger partial charge in [0.15, 0.2) is 5.11 Å². The third-order valence-electron chi connectivity index (χ3n) is 3.39. The van der Waals surface area contributed by atoms with Crippen molar-refractivity contribution >= 4 is 23.3 Å². The van der Waals surface area contributed by atoms with Crippen LogP contribution >= 0.6 is 12.2 Å². The number of benzene rings is 1. The van der Waals surface area contributed by atoms with E-state index in [4.69, 9.17) is 22.2 Å². The van der Waals surface area contributed by atoms with E-state index in [0.29, 0.717) is 28.6 Å². The quantitative estimate of drug-likeness (QED) is 0.653. The number of hydrogen-bond acceptors (Lipinski definition) is 4. The monoisotopic (exact) mass is 329 g/mol. The fourth-order valence-electron chi connectivity index (χ4n) is 2.32. The maximum atomic E-state index is 12.5. The molecule has 2 rings (SSSR count). The second-order valence-electron chi connectivity index (χ2n) is 5.80. The molecule has 1 atom stereocenters. The summed E-state index contributed by atoms with van der Waals surface area (Å²) in [5.41, 5.74) is 2.47. The second-order valence-corrected chi connectivity index (χ2v) is 6.21. The van der Waals surface area contributed by atoms with E-state index in [-0.39, 0.29) is 11.9 Å². The molecule has 5 nitrogen and oxygen atoms in total. The molecule has 0 aliphatic carbocycles. The maximum absolute atomic E-state index is 12.5. The minimum atomic E-state index is -0.434. The Bertz CT molecular complexity index is 704. The first-order chi connectivity index (χ1) is 10.9. The van der Waals surface area contributed by atoms with Crippen molar-refractivity contribution in [1.29, 1.82) is 5.26 Å². The SMILES string of the molecule is CC1=C(C(=O)OCC(C)C)C(c2cccc(C#N)c2)NC(=S)N1. The van der Waals surface area contributed by atoms with Gasteiger partial charge in [-0.25, -0.2) is 4.79 Å². The van der Waals surface area contributed by atoms with Gasteiger partial charge in [-0.05, 0) is 42.8 Å². The van der Waals surface area contributed by atoms with Gasteiger partial charge in [-0.1, -0.05) is 26.0 Å². The van der Waals surface area contributed by atoms with E-state index in [0.717, 1.165) is 5.56 Å². The summed E-state index contributed by atoms with van der Waals surface area (Å²) in [6, 6.07) is 8.78. The Morgan fingerprint density at radius 1 is 1.48 bits per heavy atom. The summed E-state index contributed by atoms with van der Waals surface area (Å²) in [5.74, 6) is -0.128. The molecule has 1 heterocycles. The molecule has 1 aliphatic heterocycles. The van der Waals surface area contributed by atoms with Crippen LogP contribution in [0.2, 0.25) is 0 Å². The Morgan fingerprint density at radius 2 is 2.22 bits per heavy atom. The fourth-order valence-corrected chi connectivity index (χ4v) is 2.59. The van der Waals surface area contributed by atoms with E-state index in [1.165, 1.54) is 0 Å². The number of ether oxygens (including phenoxy) is 1. The number of carbonyl (C=O) groups excluding carboxylic acids is 1. The minimum Gasteiger partial charge on any atom is -0.462 e. The molecule has 0 spiro atoms. The molecule has 1 aliphatic rings. The summed E-state index contributed by atoms with van der Waals surface area (Å²) in [6.45, 7) is 6.11. The van der Waals surface area contributed by atoms with E-state index in [1.807, 2.05) is 19.9 Å². The van der Waals surface area contributed by atoms with E-state index < -0.39 is 6.04 Å². The number of nitrogens with zero attached hydrogens (tertiary/aromatic N) is 1. The van der Waals surface area contributed by atoms with Crippen molar-refractivity contribution in [2.24, 2.45) is 5.92 Å². The molecule has 2 N–H and O–H groups in total. The highest BCUT2D eigenvalue weighted by Gasteiger charge is 2.31. The van der Waals surface area contributed by atoms with Crippen molar-refractivity contribution in [3.05, 3.63) is 46.7 Å². The minimum absolute atomic E-state index is 0.255. The van der Waals surface area contributed by atoms with Gasteiger partial charge in [-0.15, -0.1) is 0 Å². The van der Waals surface area contributed by atoms with Crippen LogP contribution in [0.3, 0.4) is 0 Å². The number of nitrogens with one attached hydrogen (secondary N) is 2. The molecule has 23 heavy (non-hydrogen) atoms. The zero-order valence-electron chi connectivity index (χ0n) is 13.3. The van der Waals surface area contributed by atoms with Crippen LogP contribution in [0.25, 0.3) is 0 Å². The molecule has 0 aromatic heterocycles. The molecule has 0 bridgehead atoms. The first-order valence-electron chi connectivity index (χ1n) is 7.37. The average molecular weight is 329 g/mol. The lowest BCUT2D eigenvalue weighted by Crippen LogP contribution is -2.45. The van der Waals surface area contributed by atoms with Crippen LogP contribution in [0.4, 0.5) is 0 Å². The number of allylic oxidation sites excluding steroid dienone is 1. The summed E-state index contributed by atoms with van der Waals surface area (Å²) >= 11 is 5.19. The largest absolute Gasteiger partial charge is 0.462 e. The lowest BCUT2D eigenvalue weighted by Gasteiger charge is -2.30. The van der Waals surface area contributed by atoms with Gasteiger partial charge in [0, 0.05) is 5.70 Å². The Balaban J connectivity index is 2.38. The smallest absolute Gasteiger partial charge is 0.338 e. The molecular weight excluding hydrogens is 310 g/mol. The van der Waals surface area contributed by atoms with E-state index >= 15 is 0 Å². The van der Waals surface area contributed by atoms with Gasteiger partial charge >= 0.3 is 5.97 Å². The molecule has 0 amide bonds. The highest BCUT2D eigenvalue weighted by molar-refractivity contribution is 7.80. The summed E-state index contributed by atoms with van der Waals surface area (Å²) in [7, 11) is 0. The van der Waals surface area contributed by atoms with Crippen molar-refractivity contribution in [3.63, 3.8) is 0 Å². The second kappa shape index (κ2) is 7.25. The number of carbonyl (C=O) groups is 1. The molecule has 0 saturated carbocycles. The normalized spacial score (nSPS) is 17.3. The summed E-state index contributed by atoms with van der Waals surface area (Å²) in [4.78, 5) is 12.5. The zero-order chi connectivity index (χ0) is 17.0. The van der Waals surface area contributed by atoms with Crippen LogP contribution in [-0.4, -0.2) is 17.7 Å². The number of thiocarbonyl (C=S) groups is 1. The summed E-state index contributed by atoms with van der Waals surface area (Å²) in [5, 5.41) is 15.6. The maximum Gasteiger partial charge on any atom is 0.338 e. The van der Waals surface area contributed by atoms with Crippen molar-refractivity contribution in [3.8, 4) is 6.07 Å². The van der Waals surface area contributed by atoms with Gasteiger partial charge in [0.25, 0.3) is 0 Å². The highest BCUT2D eigenvalue weighted by atomic mass is 32.1. The zero-order valence-corrected chi connectivity index (χ0v) is 14.2. The van der Waals surface area contributed by atoms with Gasteiger partial charge in [0.05, 0.1) is 29.9 Å². The average Bonchev–Trinajstić information content (AvgIpc) is 2.52. The fraction of sp³-hybridized carbons (Fsp3) is 0.353. The number of hydrogen-bond donors (Lipinski definition) is 2. The molecule has 0 fully saturated rings.